The molecule has 0 spiro atoms. The first-order valence-corrected chi connectivity index (χ1v) is 7.12. The van der Waals surface area contributed by atoms with E-state index in [-0.39, 0.29) is 0 Å². The molecule has 0 radical (unpaired) electrons. The van der Waals surface area contributed by atoms with Crippen molar-refractivity contribution < 1.29 is 0 Å². The smallest absolute Gasteiger partial charge is 0.133 e. The average Bonchev–Trinajstić information content (AvgIpc) is 2.98. The molecule has 5 nitrogen and oxygen atoms in total. The number of nitrogens with zero attached hydrogens (tertiary/aromatic N) is 5. The van der Waals surface area contributed by atoms with Gasteiger partial charge in [0.05, 0.1) is 6.20 Å². The molecule has 106 valence electrons. The van der Waals surface area contributed by atoms with Crippen LogP contribution in [0.15, 0.2) is 18.5 Å². The van der Waals surface area contributed by atoms with Crippen LogP contribution in [0.4, 0.5) is 0 Å². The maximum atomic E-state index is 4.61. The van der Waals surface area contributed by atoms with Gasteiger partial charge in [-0.1, -0.05) is 0 Å². The van der Waals surface area contributed by atoms with Gasteiger partial charge in [0.15, 0.2) is 0 Å². The van der Waals surface area contributed by atoms with Gasteiger partial charge in [-0.3, -0.25) is 9.58 Å². The molecule has 0 amide bonds. The van der Waals surface area contributed by atoms with E-state index in [9.17, 15) is 0 Å². The third kappa shape index (κ3) is 2.88. The SMILES string of the molecule is Cc1cc(C)nc(C2CCN(Cc3cnn(C)c3)C2)n1. The van der Waals surface area contributed by atoms with E-state index in [1.807, 2.05) is 37.8 Å². The van der Waals surface area contributed by atoms with E-state index in [1.54, 1.807) is 0 Å². The third-order valence-corrected chi connectivity index (χ3v) is 3.80. The summed E-state index contributed by atoms with van der Waals surface area (Å²) in [5.41, 5.74) is 3.41. The van der Waals surface area contributed by atoms with Crippen molar-refractivity contribution in [1.29, 1.82) is 0 Å². The van der Waals surface area contributed by atoms with Crippen LogP contribution in [0.25, 0.3) is 0 Å². The quantitative estimate of drug-likeness (QED) is 0.854. The second-order valence-electron chi connectivity index (χ2n) is 5.75. The summed E-state index contributed by atoms with van der Waals surface area (Å²) in [5, 5.41) is 4.22. The van der Waals surface area contributed by atoms with Crippen molar-refractivity contribution in [2.45, 2.75) is 32.7 Å². The Hall–Kier alpha value is -1.75. The van der Waals surface area contributed by atoms with Crippen molar-refractivity contribution in [2.75, 3.05) is 13.1 Å². The van der Waals surface area contributed by atoms with Gasteiger partial charge in [-0.05, 0) is 32.9 Å². The topological polar surface area (TPSA) is 46.8 Å². The molecule has 1 unspecified atom stereocenters. The summed E-state index contributed by atoms with van der Waals surface area (Å²) in [4.78, 5) is 11.7. The number of likely N-dealkylation sites (tertiary alicyclic amines) is 1. The average molecular weight is 271 g/mol. The Balaban J connectivity index is 1.67. The summed E-state index contributed by atoms with van der Waals surface area (Å²) >= 11 is 0. The van der Waals surface area contributed by atoms with Crippen molar-refractivity contribution >= 4 is 0 Å². The second-order valence-corrected chi connectivity index (χ2v) is 5.75. The van der Waals surface area contributed by atoms with Crippen LogP contribution in [-0.4, -0.2) is 37.7 Å². The number of hydrogen-bond donors (Lipinski definition) is 0. The second kappa shape index (κ2) is 5.32. The van der Waals surface area contributed by atoms with Gasteiger partial charge < -0.3 is 0 Å². The Morgan fingerprint density at radius 1 is 1.25 bits per heavy atom. The first-order chi connectivity index (χ1) is 9.60. The molecule has 2 aromatic rings. The van der Waals surface area contributed by atoms with Crippen LogP contribution in [0.3, 0.4) is 0 Å². The zero-order valence-corrected chi connectivity index (χ0v) is 12.4. The molecule has 1 saturated heterocycles. The molecule has 0 saturated carbocycles. The summed E-state index contributed by atoms with van der Waals surface area (Å²) < 4.78 is 1.86. The minimum atomic E-state index is 0.463. The van der Waals surface area contributed by atoms with Gasteiger partial charge in [0.1, 0.15) is 5.82 Å². The van der Waals surface area contributed by atoms with E-state index in [0.29, 0.717) is 5.92 Å². The van der Waals surface area contributed by atoms with E-state index in [0.717, 1.165) is 43.3 Å². The predicted octanol–water partition coefficient (Wildman–Crippen LogP) is 1.82. The zero-order valence-electron chi connectivity index (χ0n) is 12.4. The van der Waals surface area contributed by atoms with Gasteiger partial charge in [0.2, 0.25) is 0 Å². The first kappa shape index (κ1) is 13.2. The van der Waals surface area contributed by atoms with Crippen molar-refractivity contribution in [3.05, 3.63) is 41.2 Å². The van der Waals surface area contributed by atoms with Crippen molar-refractivity contribution in [3.63, 3.8) is 0 Å². The molecule has 0 N–H and O–H groups in total. The van der Waals surface area contributed by atoms with E-state index >= 15 is 0 Å². The summed E-state index contributed by atoms with van der Waals surface area (Å²) in [7, 11) is 1.96. The molecule has 2 aromatic heterocycles. The van der Waals surface area contributed by atoms with E-state index in [4.69, 9.17) is 0 Å². The van der Waals surface area contributed by atoms with Crippen LogP contribution >= 0.6 is 0 Å². The maximum Gasteiger partial charge on any atom is 0.133 e. The lowest BCUT2D eigenvalue weighted by Gasteiger charge is -2.14. The minimum absolute atomic E-state index is 0.463. The summed E-state index contributed by atoms with van der Waals surface area (Å²) in [6.45, 7) is 7.20. The highest BCUT2D eigenvalue weighted by atomic mass is 15.2. The highest BCUT2D eigenvalue weighted by molar-refractivity contribution is 5.13. The minimum Gasteiger partial charge on any atom is -0.298 e. The molecule has 1 aliphatic heterocycles. The predicted molar refractivity (Wildman–Crippen MR) is 77.3 cm³/mol. The Bertz CT molecular complexity index is 584. The van der Waals surface area contributed by atoms with Crippen LogP contribution in [-0.2, 0) is 13.6 Å². The Kier molecular flexibility index (Phi) is 3.53. The third-order valence-electron chi connectivity index (χ3n) is 3.80. The molecular formula is C15H21N5. The fraction of sp³-hybridized carbons (Fsp3) is 0.533. The molecule has 5 heteroatoms. The van der Waals surface area contributed by atoms with Crippen LogP contribution in [0.2, 0.25) is 0 Å². The Labute approximate surface area is 119 Å². The number of aryl methyl sites for hydroxylation is 3. The fourth-order valence-electron chi connectivity index (χ4n) is 2.93. The molecule has 0 bridgehead atoms. The maximum absolute atomic E-state index is 4.61. The highest BCUT2D eigenvalue weighted by Gasteiger charge is 2.26. The number of hydrogen-bond acceptors (Lipinski definition) is 4. The molecule has 3 heterocycles. The lowest BCUT2D eigenvalue weighted by molar-refractivity contribution is 0.325. The van der Waals surface area contributed by atoms with Gasteiger partial charge in [-0.25, -0.2) is 9.97 Å². The molecule has 3 rings (SSSR count). The van der Waals surface area contributed by atoms with E-state index in [1.165, 1.54) is 5.56 Å². The van der Waals surface area contributed by atoms with Crippen molar-refractivity contribution in [2.24, 2.45) is 7.05 Å². The van der Waals surface area contributed by atoms with Gasteiger partial charge in [0, 0.05) is 49.2 Å². The van der Waals surface area contributed by atoms with Crippen LogP contribution in [0.1, 0.15) is 35.1 Å². The zero-order chi connectivity index (χ0) is 14.1. The molecule has 1 aliphatic rings. The van der Waals surface area contributed by atoms with Crippen LogP contribution in [0.5, 0.6) is 0 Å². The summed E-state index contributed by atoms with van der Waals surface area (Å²) in [6.07, 6.45) is 5.17. The fourth-order valence-corrected chi connectivity index (χ4v) is 2.93. The van der Waals surface area contributed by atoms with Gasteiger partial charge in [0.25, 0.3) is 0 Å². The number of aromatic nitrogens is 4. The van der Waals surface area contributed by atoms with Crippen molar-refractivity contribution in [1.82, 2.24) is 24.6 Å². The first-order valence-electron chi connectivity index (χ1n) is 7.12. The van der Waals surface area contributed by atoms with Gasteiger partial charge in [-0.2, -0.15) is 5.10 Å². The van der Waals surface area contributed by atoms with Crippen molar-refractivity contribution in [3.8, 4) is 0 Å². The Morgan fingerprint density at radius 2 is 2.00 bits per heavy atom. The van der Waals surface area contributed by atoms with E-state index < -0.39 is 0 Å². The van der Waals surface area contributed by atoms with Gasteiger partial charge in [-0.15, -0.1) is 0 Å². The summed E-state index contributed by atoms with van der Waals surface area (Å²) in [5.74, 6) is 1.47. The largest absolute Gasteiger partial charge is 0.298 e. The Morgan fingerprint density at radius 3 is 2.65 bits per heavy atom. The molecule has 1 atom stereocenters. The highest BCUT2D eigenvalue weighted by Crippen LogP contribution is 2.26. The summed E-state index contributed by atoms with van der Waals surface area (Å²) in [6, 6.07) is 2.03. The molecule has 0 aromatic carbocycles. The molecular weight excluding hydrogens is 250 g/mol. The molecule has 0 aliphatic carbocycles. The van der Waals surface area contributed by atoms with Crippen LogP contribution < -0.4 is 0 Å². The van der Waals surface area contributed by atoms with Crippen LogP contribution in [0, 0.1) is 13.8 Å². The normalized spacial score (nSPS) is 19.6. The number of rotatable bonds is 3. The lowest BCUT2D eigenvalue weighted by atomic mass is 10.1. The molecule has 20 heavy (non-hydrogen) atoms. The molecule has 1 fully saturated rings. The standard InChI is InChI=1S/C15H21N5/c1-11-6-12(2)18-15(17-11)14-4-5-20(10-14)9-13-7-16-19(3)8-13/h6-8,14H,4-5,9-10H2,1-3H3. The lowest BCUT2D eigenvalue weighted by Crippen LogP contribution is -2.20. The van der Waals surface area contributed by atoms with E-state index in [2.05, 4.69) is 26.2 Å². The van der Waals surface area contributed by atoms with Gasteiger partial charge >= 0.3 is 0 Å². The monoisotopic (exact) mass is 271 g/mol.